The van der Waals surface area contributed by atoms with Gasteiger partial charge in [0.1, 0.15) is 0 Å². The van der Waals surface area contributed by atoms with E-state index in [2.05, 4.69) is 181 Å². The van der Waals surface area contributed by atoms with Gasteiger partial charge in [-0.3, -0.25) is 0 Å². The first-order valence-corrected chi connectivity index (χ1v) is 22.3. The van der Waals surface area contributed by atoms with Crippen LogP contribution in [0.1, 0.15) is 37.8 Å². The molecule has 0 radical (unpaired) electrons. The van der Waals surface area contributed by atoms with Crippen LogP contribution in [0.4, 0.5) is 34.1 Å². The summed E-state index contributed by atoms with van der Waals surface area (Å²) in [6.45, 7) is 8.20. The van der Waals surface area contributed by atoms with Crippen molar-refractivity contribution in [3.8, 4) is 11.1 Å². The van der Waals surface area contributed by atoms with E-state index in [0.29, 0.717) is 10.8 Å². The Labute approximate surface area is 342 Å². The second-order valence-corrected chi connectivity index (χ2v) is 17.4. The number of ether oxygens (including phenoxy) is 2. The van der Waals surface area contributed by atoms with Gasteiger partial charge in [-0.15, -0.1) is 0 Å². The molecular weight excluding hydrogens is 725 g/mol. The largest absolute Gasteiger partial charge is 0.380 e. The minimum absolute atomic E-state index is 0.376. The van der Waals surface area contributed by atoms with Gasteiger partial charge >= 0.3 is 0 Å². The van der Waals surface area contributed by atoms with Crippen molar-refractivity contribution in [2.45, 2.75) is 38.2 Å². The molecule has 0 atom stereocenters. The van der Waals surface area contributed by atoms with Gasteiger partial charge in [0, 0.05) is 68.0 Å². The Hall–Kier alpha value is -4.46. The number of thioether (sulfide) groups is 2. The molecule has 2 heterocycles. The van der Waals surface area contributed by atoms with Crippen molar-refractivity contribution in [2.75, 3.05) is 47.7 Å². The van der Waals surface area contributed by atoms with Crippen LogP contribution in [0.25, 0.3) is 11.1 Å². The maximum atomic E-state index is 5.53. The molecule has 2 saturated heterocycles. The van der Waals surface area contributed by atoms with Gasteiger partial charge in [0.15, 0.2) is 0 Å². The lowest BCUT2D eigenvalue weighted by molar-refractivity contribution is -0.0994. The molecule has 6 heteroatoms. The number of rotatable bonds is 17. The number of para-hydroxylation sites is 2. The highest BCUT2D eigenvalue weighted by Gasteiger charge is 2.37. The van der Waals surface area contributed by atoms with E-state index < -0.39 is 0 Å². The standard InChI is InChI=1S/C50H52N2O2S2/c1-3-49(33-53-34-49)37-55-31-39-15-23-45(24-16-39)51(43-11-7-5-8-12-43)47-27-19-41(20-28-47)42-21-29-48(30-22-42)52(44-13-9-6-10-14-44)46-25-17-40(18-26-46)32-56-38-50(4-2)35-54-36-50/h5-30H,3-4,31-38H2,1-2H3. The molecule has 0 amide bonds. The van der Waals surface area contributed by atoms with Crippen molar-refractivity contribution < 1.29 is 9.47 Å². The van der Waals surface area contributed by atoms with Crippen molar-refractivity contribution in [2.24, 2.45) is 10.8 Å². The maximum absolute atomic E-state index is 5.53. The Morgan fingerprint density at radius 3 is 1.00 bits per heavy atom. The summed E-state index contributed by atoms with van der Waals surface area (Å²) in [4.78, 5) is 4.68. The highest BCUT2D eigenvalue weighted by atomic mass is 32.2. The number of nitrogens with zero attached hydrogens (tertiary/aromatic N) is 2. The number of anilines is 6. The zero-order valence-corrected chi connectivity index (χ0v) is 34.2. The van der Waals surface area contributed by atoms with Crippen LogP contribution < -0.4 is 9.80 Å². The number of hydrogen-bond acceptors (Lipinski definition) is 6. The smallest absolute Gasteiger partial charge is 0.0552 e. The molecule has 56 heavy (non-hydrogen) atoms. The molecule has 0 N–H and O–H groups in total. The van der Waals surface area contributed by atoms with Gasteiger partial charge in [0.05, 0.1) is 26.4 Å². The van der Waals surface area contributed by atoms with Crippen LogP contribution in [0.15, 0.2) is 158 Å². The molecule has 6 aromatic rings. The Morgan fingerprint density at radius 1 is 0.411 bits per heavy atom. The Balaban J connectivity index is 0.973. The zero-order chi connectivity index (χ0) is 38.2. The van der Waals surface area contributed by atoms with Gasteiger partial charge in [0.25, 0.3) is 0 Å². The van der Waals surface area contributed by atoms with Crippen LogP contribution in [-0.4, -0.2) is 37.9 Å². The van der Waals surface area contributed by atoms with E-state index in [4.69, 9.17) is 9.47 Å². The van der Waals surface area contributed by atoms with Crippen molar-refractivity contribution in [3.63, 3.8) is 0 Å². The molecule has 0 saturated carbocycles. The third kappa shape index (κ3) is 8.74. The lowest BCUT2D eigenvalue weighted by Gasteiger charge is -2.40. The second kappa shape index (κ2) is 17.8. The molecule has 2 fully saturated rings. The van der Waals surface area contributed by atoms with Crippen LogP contribution in [0, 0.1) is 10.8 Å². The van der Waals surface area contributed by atoms with E-state index in [1.807, 2.05) is 23.5 Å². The van der Waals surface area contributed by atoms with E-state index in [1.54, 1.807) is 0 Å². The molecule has 4 nitrogen and oxygen atoms in total. The molecule has 6 aromatic carbocycles. The Kier molecular flexibility index (Phi) is 12.2. The van der Waals surface area contributed by atoms with Gasteiger partial charge in [-0.25, -0.2) is 0 Å². The van der Waals surface area contributed by atoms with Crippen molar-refractivity contribution in [3.05, 3.63) is 169 Å². The Bertz CT molecular complexity index is 1950. The molecule has 0 aliphatic carbocycles. The Morgan fingerprint density at radius 2 is 0.714 bits per heavy atom. The average molecular weight is 777 g/mol. The molecule has 286 valence electrons. The predicted molar refractivity (Wildman–Crippen MR) is 241 cm³/mol. The fourth-order valence-corrected chi connectivity index (χ4v) is 10.1. The fourth-order valence-electron chi connectivity index (χ4n) is 7.47. The van der Waals surface area contributed by atoms with E-state index in [0.717, 1.165) is 83.6 Å². The lowest BCUT2D eigenvalue weighted by Crippen LogP contribution is -2.44. The first kappa shape index (κ1) is 38.4. The summed E-state index contributed by atoms with van der Waals surface area (Å²) < 4.78 is 11.1. The molecule has 8 rings (SSSR count). The number of benzene rings is 6. The van der Waals surface area contributed by atoms with E-state index in [9.17, 15) is 0 Å². The van der Waals surface area contributed by atoms with Crippen molar-refractivity contribution in [1.29, 1.82) is 0 Å². The van der Waals surface area contributed by atoms with Crippen LogP contribution in [0.3, 0.4) is 0 Å². The third-order valence-corrected chi connectivity index (χ3v) is 14.2. The van der Waals surface area contributed by atoms with Gasteiger partial charge in [0.2, 0.25) is 0 Å². The molecule has 0 unspecified atom stereocenters. The van der Waals surface area contributed by atoms with E-state index in [1.165, 1.54) is 35.1 Å². The molecular formula is C50H52N2O2S2. The SMILES string of the molecule is CCC1(CSCc2ccc(N(c3ccccc3)c3ccc(-c4ccc(N(c5ccccc5)c5ccc(CSCC6(CC)COC6)cc5)cc4)cc3)cc2)COC1. The third-order valence-electron chi connectivity index (χ3n) is 11.5. The molecule has 0 spiro atoms. The van der Waals surface area contributed by atoms with Crippen LogP contribution in [0.5, 0.6) is 0 Å². The molecule has 2 aliphatic rings. The van der Waals surface area contributed by atoms with E-state index >= 15 is 0 Å². The maximum Gasteiger partial charge on any atom is 0.0552 e. The quantitative estimate of drug-likeness (QED) is 0.0915. The first-order chi connectivity index (χ1) is 27.6. The second-order valence-electron chi connectivity index (χ2n) is 15.4. The monoisotopic (exact) mass is 776 g/mol. The summed E-state index contributed by atoms with van der Waals surface area (Å²) in [6.07, 6.45) is 2.38. The average Bonchev–Trinajstić information content (AvgIpc) is 3.23. The van der Waals surface area contributed by atoms with Crippen LogP contribution in [0.2, 0.25) is 0 Å². The summed E-state index contributed by atoms with van der Waals surface area (Å²) in [6, 6.07) is 57.4. The molecule has 2 aliphatic heterocycles. The minimum Gasteiger partial charge on any atom is -0.380 e. The molecule has 0 bridgehead atoms. The lowest BCUT2D eigenvalue weighted by atomic mass is 9.86. The summed E-state index contributed by atoms with van der Waals surface area (Å²) in [5, 5.41) is 0. The topological polar surface area (TPSA) is 24.9 Å². The van der Waals surface area contributed by atoms with Crippen LogP contribution >= 0.6 is 23.5 Å². The van der Waals surface area contributed by atoms with Crippen molar-refractivity contribution in [1.82, 2.24) is 0 Å². The summed E-state index contributed by atoms with van der Waals surface area (Å²) in [5.74, 6) is 4.36. The summed E-state index contributed by atoms with van der Waals surface area (Å²) >= 11 is 4.05. The molecule has 0 aromatic heterocycles. The van der Waals surface area contributed by atoms with E-state index in [-0.39, 0.29) is 0 Å². The van der Waals surface area contributed by atoms with Gasteiger partial charge in [-0.05, 0) is 108 Å². The predicted octanol–water partition coefficient (Wildman–Crippen LogP) is 13.6. The zero-order valence-electron chi connectivity index (χ0n) is 32.6. The van der Waals surface area contributed by atoms with Crippen molar-refractivity contribution >= 4 is 57.6 Å². The van der Waals surface area contributed by atoms with Crippen LogP contribution in [-0.2, 0) is 21.0 Å². The highest BCUT2D eigenvalue weighted by Crippen LogP contribution is 2.40. The highest BCUT2D eigenvalue weighted by molar-refractivity contribution is 7.98. The minimum atomic E-state index is 0.376. The van der Waals surface area contributed by atoms with Gasteiger partial charge < -0.3 is 19.3 Å². The first-order valence-electron chi connectivity index (χ1n) is 20.0. The summed E-state index contributed by atoms with van der Waals surface area (Å²) in [7, 11) is 0. The van der Waals surface area contributed by atoms with Gasteiger partial charge in [-0.2, -0.15) is 23.5 Å². The fraction of sp³-hybridized carbons (Fsp3) is 0.280. The number of hydrogen-bond donors (Lipinski definition) is 0. The summed E-state index contributed by atoms with van der Waals surface area (Å²) in [5.41, 5.74) is 12.7. The normalized spacial score (nSPS) is 15.4. The van der Waals surface area contributed by atoms with Gasteiger partial charge in [-0.1, -0.05) is 98.8 Å².